The molecule has 0 bridgehead atoms. The van der Waals surface area contributed by atoms with Crippen molar-refractivity contribution in [3.05, 3.63) is 34.8 Å². The lowest BCUT2D eigenvalue weighted by Gasteiger charge is -2.16. The number of anilines is 2. The van der Waals surface area contributed by atoms with E-state index in [9.17, 15) is 9.59 Å². The molecule has 0 spiro atoms. The van der Waals surface area contributed by atoms with E-state index in [0.29, 0.717) is 18.1 Å². The highest BCUT2D eigenvalue weighted by Crippen LogP contribution is 2.34. The Morgan fingerprint density at radius 3 is 2.67 bits per heavy atom. The van der Waals surface area contributed by atoms with E-state index >= 15 is 0 Å². The van der Waals surface area contributed by atoms with E-state index in [0.717, 1.165) is 16.3 Å². The average molecular weight is 345 g/mol. The van der Waals surface area contributed by atoms with Crippen LogP contribution in [0, 0.1) is 6.92 Å². The minimum Gasteiger partial charge on any atom is -0.331 e. The van der Waals surface area contributed by atoms with Crippen LogP contribution in [0.5, 0.6) is 0 Å². The molecular weight excluding hydrogens is 326 g/mol. The number of benzene rings is 1. The summed E-state index contributed by atoms with van der Waals surface area (Å²) in [5.41, 5.74) is 2.06. The summed E-state index contributed by atoms with van der Waals surface area (Å²) in [6.45, 7) is 2.60. The van der Waals surface area contributed by atoms with E-state index in [4.69, 9.17) is 0 Å². The van der Waals surface area contributed by atoms with Crippen LogP contribution in [0.2, 0.25) is 0 Å². The largest absolute Gasteiger partial charge is 0.331 e. The van der Waals surface area contributed by atoms with Gasteiger partial charge in [-0.3, -0.25) is 10.1 Å². The molecule has 0 aliphatic carbocycles. The normalized spacial score (nSPS) is 17.2. The van der Waals surface area contributed by atoms with Gasteiger partial charge in [-0.05, 0) is 19.1 Å². The standard InChI is InChI=1S/C16H19N5O2S/c1-10-4-6-12(7-5-10)21-9-11(8-13(21)22)14-18-19-15(24-14)17-16(23)20(2)3/h4-7,11H,8-9H2,1-3H3,(H,17,19,23). The third-order valence-electron chi connectivity index (χ3n) is 3.88. The van der Waals surface area contributed by atoms with Crippen LogP contribution in [-0.4, -0.2) is 47.7 Å². The smallest absolute Gasteiger partial charge is 0.323 e. The molecule has 1 atom stereocenters. The molecule has 1 unspecified atom stereocenters. The van der Waals surface area contributed by atoms with Crippen LogP contribution in [0.4, 0.5) is 15.6 Å². The number of nitrogens with one attached hydrogen (secondary N) is 1. The summed E-state index contributed by atoms with van der Waals surface area (Å²) < 4.78 is 0. The predicted octanol–water partition coefficient (Wildman–Crippen LogP) is 2.46. The first-order valence-electron chi connectivity index (χ1n) is 7.63. The molecular formula is C16H19N5O2S. The number of hydrogen-bond acceptors (Lipinski definition) is 5. The van der Waals surface area contributed by atoms with Crippen molar-refractivity contribution in [1.82, 2.24) is 15.1 Å². The summed E-state index contributed by atoms with van der Waals surface area (Å²) in [5, 5.41) is 12.0. The molecule has 2 aromatic rings. The summed E-state index contributed by atoms with van der Waals surface area (Å²) in [4.78, 5) is 27.2. The Labute approximate surface area is 144 Å². The fraction of sp³-hybridized carbons (Fsp3) is 0.375. The molecule has 1 aliphatic heterocycles. The lowest BCUT2D eigenvalue weighted by molar-refractivity contribution is -0.117. The van der Waals surface area contributed by atoms with E-state index in [2.05, 4.69) is 15.5 Å². The quantitative estimate of drug-likeness (QED) is 0.927. The number of carbonyl (C=O) groups excluding carboxylic acids is 2. The monoisotopic (exact) mass is 345 g/mol. The van der Waals surface area contributed by atoms with Crippen molar-refractivity contribution in [3.63, 3.8) is 0 Å². The summed E-state index contributed by atoms with van der Waals surface area (Å²) in [5.74, 6) is 0.0826. The highest BCUT2D eigenvalue weighted by Gasteiger charge is 2.33. The summed E-state index contributed by atoms with van der Waals surface area (Å²) >= 11 is 1.32. The Bertz CT molecular complexity index is 756. The summed E-state index contributed by atoms with van der Waals surface area (Å²) in [6.07, 6.45) is 0.407. The van der Waals surface area contributed by atoms with E-state index < -0.39 is 0 Å². The second-order valence-electron chi connectivity index (χ2n) is 6.01. The molecule has 0 saturated carbocycles. The topological polar surface area (TPSA) is 78.4 Å². The Hall–Kier alpha value is -2.48. The third-order valence-corrected chi connectivity index (χ3v) is 4.88. The fourth-order valence-electron chi connectivity index (χ4n) is 2.50. The van der Waals surface area contributed by atoms with Crippen LogP contribution in [0.3, 0.4) is 0 Å². The Balaban J connectivity index is 1.71. The van der Waals surface area contributed by atoms with Crippen molar-refractivity contribution in [3.8, 4) is 0 Å². The minimum absolute atomic E-state index is 0.00121. The van der Waals surface area contributed by atoms with Crippen molar-refractivity contribution in [2.24, 2.45) is 0 Å². The number of aryl methyl sites for hydroxylation is 1. The van der Waals surface area contributed by atoms with Gasteiger partial charge in [0, 0.05) is 38.7 Å². The molecule has 3 amide bonds. The molecule has 3 rings (SSSR count). The minimum atomic E-state index is -0.249. The molecule has 1 aliphatic rings. The molecule has 8 heteroatoms. The second kappa shape index (κ2) is 6.56. The maximum Gasteiger partial charge on any atom is 0.323 e. The molecule has 24 heavy (non-hydrogen) atoms. The van der Waals surface area contributed by atoms with Crippen LogP contribution < -0.4 is 10.2 Å². The average Bonchev–Trinajstić information content (AvgIpc) is 3.15. The Morgan fingerprint density at radius 2 is 2.00 bits per heavy atom. The van der Waals surface area contributed by atoms with Gasteiger partial charge < -0.3 is 9.80 Å². The van der Waals surface area contributed by atoms with Gasteiger partial charge in [-0.15, -0.1) is 10.2 Å². The number of aromatic nitrogens is 2. The van der Waals surface area contributed by atoms with Crippen LogP contribution in [-0.2, 0) is 4.79 Å². The molecule has 1 N–H and O–H groups in total. The molecule has 1 fully saturated rings. The zero-order valence-corrected chi connectivity index (χ0v) is 14.6. The summed E-state index contributed by atoms with van der Waals surface area (Å²) in [6, 6.07) is 7.66. The number of amides is 3. The SMILES string of the molecule is Cc1ccc(N2CC(c3nnc(NC(=O)N(C)C)s3)CC2=O)cc1. The van der Waals surface area contributed by atoms with Crippen molar-refractivity contribution >= 4 is 34.1 Å². The van der Waals surface area contributed by atoms with Crippen molar-refractivity contribution in [2.75, 3.05) is 30.9 Å². The van der Waals surface area contributed by atoms with E-state index in [1.54, 1.807) is 19.0 Å². The maximum absolute atomic E-state index is 12.3. The van der Waals surface area contributed by atoms with E-state index in [1.807, 2.05) is 31.2 Å². The van der Waals surface area contributed by atoms with Gasteiger partial charge in [0.25, 0.3) is 0 Å². The van der Waals surface area contributed by atoms with Gasteiger partial charge in [0.15, 0.2) is 0 Å². The number of urea groups is 1. The number of hydrogen-bond donors (Lipinski definition) is 1. The first kappa shape index (κ1) is 16.4. The van der Waals surface area contributed by atoms with Gasteiger partial charge in [-0.1, -0.05) is 29.0 Å². The first-order chi connectivity index (χ1) is 11.4. The first-order valence-corrected chi connectivity index (χ1v) is 8.44. The van der Waals surface area contributed by atoms with Crippen molar-refractivity contribution < 1.29 is 9.59 Å². The third kappa shape index (κ3) is 3.38. The number of rotatable bonds is 3. The van der Waals surface area contributed by atoms with Crippen LogP contribution >= 0.6 is 11.3 Å². The fourth-order valence-corrected chi connectivity index (χ4v) is 3.32. The van der Waals surface area contributed by atoms with Gasteiger partial charge in [0.1, 0.15) is 5.01 Å². The van der Waals surface area contributed by atoms with Gasteiger partial charge in [0.05, 0.1) is 0 Å². The zero-order valence-electron chi connectivity index (χ0n) is 13.8. The second-order valence-corrected chi connectivity index (χ2v) is 7.02. The number of carbonyl (C=O) groups is 2. The van der Waals surface area contributed by atoms with E-state index in [1.165, 1.54) is 16.2 Å². The highest BCUT2D eigenvalue weighted by molar-refractivity contribution is 7.15. The van der Waals surface area contributed by atoms with Gasteiger partial charge >= 0.3 is 6.03 Å². The zero-order chi connectivity index (χ0) is 17.3. The highest BCUT2D eigenvalue weighted by atomic mass is 32.1. The molecule has 126 valence electrons. The lowest BCUT2D eigenvalue weighted by Crippen LogP contribution is -2.27. The number of nitrogens with zero attached hydrogens (tertiary/aromatic N) is 4. The van der Waals surface area contributed by atoms with Crippen LogP contribution in [0.15, 0.2) is 24.3 Å². The molecule has 1 saturated heterocycles. The molecule has 7 nitrogen and oxygen atoms in total. The molecule has 0 radical (unpaired) electrons. The molecule has 1 aromatic heterocycles. The summed E-state index contributed by atoms with van der Waals surface area (Å²) in [7, 11) is 3.32. The predicted molar refractivity (Wildman–Crippen MR) is 93.5 cm³/mol. The van der Waals surface area contributed by atoms with E-state index in [-0.39, 0.29) is 17.9 Å². The van der Waals surface area contributed by atoms with Crippen molar-refractivity contribution in [1.29, 1.82) is 0 Å². The van der Waals surface area contributed by atoms with Gasteiger partial charge in [0.2, 0.25) is 11.0 Å². The maximum atomic E-state index is 12.3. The lowest BCUT2D eigenvalue weighted by atomic mass is 10.1. The van der Waals surface area contributed by atoms with Gasteiger partial charge in [-0.25, -0.2) is 4.79 Å². The van der Waals surface area contributed by atoms with Crippen LogP contribution in [0.1, 0.15) is 22.9 Å². The van der Waals surface area contributed by atoms with Crippen molar-refractivity contribution in [2.45, 2.75) is 19.3 Å². The van der Waals surface area contributed by atoms with Gasteiger partial charge in [-0.2, -0.15) is 0 Å². The molecule has 1 aromatic carbocycles. The Kier molecular flexibility index (Phi) is 4.48. The molecule has 2 heterocycles. The Morgan fingerprint density at radius 1 is 1.29 bits per heavy atom. The van der Waals surface area contributed by atoms with Crippen LogP contribution in [0.25, 0.3) is 0 Å².